The molecule has 0 aliphatic heterocycles. The smallest absolute Gasteiger partial charge is 0.326 e. The van der Waals surface area contributed by atoms with E-state index >= 15 is 0 Å². The summed E-state index contributed by atoms with van der Waals surface area (Å²) in [5.41, 5.74) is 4.74. The van der Waals surface area contributed by atoms with E-state index in [1.807, 2.05) is 19.2 Å². The summed E-state index contributed by atoms with van der Waals surface area (Å²) < 4.78 is 0. The van der Waals surface area contributed by atoms with Crippen molar-refractivity contribution in [3.8, 4) is 11.3 Å². The Balaban J connectivity index is 1.64. The fourth-order valence-corrected chi connectivity index (χ4v) is 3.94. The minimum Gasteiger partial charge on any atom is -0.480 e. The SMILES string of the molecule is Cc1ccc(-c2csc(N(C)Cc3ccc(C(=O)NC(C(=O)O)C(C)C)cc3)n2)cc1. The van der Waals surface area contributed by atoms with Crippen LogP contribution in [0.25, 0.3) is 11.3 Å². The van der Waals surface area contributed by atoms with Gasteiger partial charge in [0, 0.05) is 30.1 Å². The lowest BCUT2D eigenvalue weighted by atomic mass is 10.0. The van der Waals surface area contributed by atoms with Gasteiger partial charge < -0.3 is 15.3 Å². The van der Waals surface area contributed by atoms with E-state index in [9.17, 15) is 14.7 Å². The lowest BCUT2D eigenvalue weighted by Gasteiger charge is -2.18. The number of anilines is 1. The zero-order valence-corrected chi connectivity index (χ0v) is 18.9. The van der Waals surface area contributed by atoms with Crippen LogP contribution >= 0.6 is 11.3 Å². The first-order valence-corrected chi connectivity index (χ1v) is 11.0. The first-order chi connectivity index (χ1) is 14.7. The third-order valence-corrected chi connectivity index (χ3v) is 5.98. The first kappa shape index (κ1) is 22.5. The number of carboxylic acids is 1. The second kappa shape index (κ2) is 9.75. The van der Waals surface area contributed by atoms with Gasteiger partial charge in [-0.15, -0.1) is 11.3 Å². The van der Waals surface area contributed by atoms with E-state index in [0.29, 0.717) is 12.1 Å². The minimum absolute atomic E-state index is 0.197. The number of thiazole rings is 1. The Morgan fingerprint density at radius 2 is 1.74 bits per heavy atom. The lowest BCUT2D eigenvalue weighted by molar-refractivity contribution is -0.140. The summed E-state index contributed by atoms with van der Waals surface area (Å²) in [6.45, 7) is 6.24. The maximum Gasteiger partial charge on any atom is 0.326 e. The summed E-state index contributed by atoms with van der Waals surface area (Å²) in [7, 11) is 1.98. The molecule has 162 valence electrons. The Morgan fingerprint density at radius 3 is 2.32 bits per heavy atom. The number of rotatable bonds is 8. The number of nitrogens with one attached hydrogen (secondary N) is 1. The van der Waals surface area contributed by atoms with Crippen LogP contribution in [-0.4, -0.2) is 35.1 Å². The van der Waals surface area contributed by atoms with Crippen molar-refractivity contribution in [1.82, 2.24) is 10.3 Å². The van der Waals surface area contributed by atoms with Gasteiger partial charge in [-0.1, -0.05) is 55.8 Å². The number of carbonyl (C=O) groups is 2. The molecule has 1 unspecified atom stereocenters. The maximum absolute atomic E-state index is 12.4. The van der Waals surface area contributed by atoms with Crippen LogP contribution in [0.3, 0.4) is 0 Å². The van der Waals surface area contributed by atoms with Gasteiger partial charge in [0.25, 0.3) is 5.91 Å². The highest BCUT2D eigenvalue weighted by atomic mass is 32.1. The number of benzene rings is 2. The van der Waals surface area contributed by atoms with Crippen LogP contribution in [-0.2, 0) is 11.3 Å². The van der Waals surface area contributed by atoms with Gasteiger partial charge in [0.2, 0.25) is 0 Å². The molecule has 0 bridgehead atoms. The zero-order valence-electron chi connectivity index (χ0n) is 18.1. The average molecular weight is 438 g/mol. The molecule has 3 rings (SSSR count). The summed E-state index contributed by atoms with van der Waals surface area (Å²) in [5, 5.41) is 14.8. The normalized spacial score (nSPS) is 11.9. The van der Waals surface area contributed by atoms with E-state index in [2.05, 4.69) is 46.8 Å². The number of carboxylic acid groups (broad SMARTS) is 1. The summed E-state index contributed by atoms with van der Waals surface area (Å²) in [6.07, 6.45) is 0. The zero-order chi connectivity index (χ0) is 22.5. The topological polar surface area (TPSA) is 82.5 Å². The predicted molar refractivity (Wildman–Crippen MR) is 125 cm³/mol. The lowest BCUT2D eigenvalue weighted by Crippen LogP contribution is -2.44. The molecular formula is C24H27N3O3S. The fraction of sp³-hybridized carbons (Fsp3) is 0.292. The molecule has 1 aromatic heterocycles. The number of amides is 1. The van der Waals surface area contributed by atoms with Crippen molar-refractivity contribution in [1.29, 1.82) is 0 Å². The number of aliphatic carboxylic acids is 1. The van der Waals surface area contributed by atoms with Crippen LogP contribution in [0.1, 0.15) is 35.3 Å². The Kier molecular flexibility index (Phi) is 7.07. The van der Waals surface area contributed by atoms with Crippen LogP contribution in [0.4, 0.5) is 5.13 Å². The van der Waals surface area contributed by atoms with Crippen molar-refractivity contribution in [3.63, 3.8) is 0 Å². The van der Waals surface area contributed by atoms with Gasteiger partial charge in [-0.25, -0.2) is 9.78 Å². The number of hydrogen-bond donors (Lipinski definition) is 2. The maximum atomic E-state index is 12.4. The van der Waals surface area contributed by atoms with E-state index in [1.165, 1.54) is 5.56 Å². The van der Waals surface area contributed by atoms with Crippen molar-refractivity contribution >= 4 is 28.3 Å². The second-order valence-corrected chi connectivity index (χ2v) is 8.80. The van der Waals surface area contributed by atoms with Gasteiger partial charge in [-0.2, -0.15) is 0 Å². The van der Waals surface area contributed by atoms with Gasteiger partial charge >= 0.3 is 5.97 Å². The molecule has 2 N–H and O–H groups in total. The molecule has 0 saturated carbocycles. The highest BCUT2D eigenvalue weighted by Crippen LogP contribution is 2.27. The first-order valence-electron chi connectivity index (χ1n) is 10.1. The minimum atomic E-state index is -1.03. The van der Waals surface area contributed by atoms with Crippen molar-refractivity contribution < 1.29 is 14.7 Å². The van der Waals surface area contributed by atoms with E-state index in [0.717, 1.165) is 22.0 Å². The quantitative estimate of drug-likeness (QED) is 0.538. The highest BCUT2D eigenvalue weighted by Gasteiger charge is 2.23. The molecule has 0 fully saturated rings. The van der Waals surface area contributed by atoms with E-state index in [4.69, 9.17) is 4.98 Å². The summed E-state index contributed by atoms with van der Waals surface area (Å²) in [4.78, 5) is 30.5. The molecule has 1 heterocycles. The molecule has 0 spiro atoms. The summed E-state index contributed by atoms with van der Waals surface area (Å²) >= 11 is 1.59. The highest BCUT2D eigenvalue weighted by molar-refractivity contribution is 7.14. The standard InChI is InChI=1S/C24H27N3O3S/c1-15(2)21(23(29)30)26-22(28)19-11-7-17(8-12-19)13-27(4)24-25-20(14-31-24)18-9-5-16(3)6-10-18/h5-12,14-15,21H,13H2,1-4H3,(H,26,28)(H,29,30). The molecule has 7 heteroatoms. The Bertz CT molecular complexity index is 1040. The molecule has 0 aliphatic carbocycles. The van der Waals surface area contributed by atoms with Crippen LogP contribution in [0.2, 0.25) is 0 Å². The molecule has 6 nitrogen and oxygen atoms in total. The molecule has 31 heavy (non-hydrogen) atoms. The van der Waals surface area contributed by atoms with Crippen molar-refractivity contribution in [2.24, 2.45) is 5.92 Å². The molecule has 3 aromatic rings. The number of hydrogen-bond acceptors (Lipinski definition) is 5. The van der Waals surface area contributed by atoms with Crippen LogP contribution in [0, 0.1) is 12.8 Å². The summed E-state index contributed by atoms with van der Waals surface area (Å²) in [5.74, 6) is -1.61. The molecule has 1 atom stereocenters. The Hall–Kier alpha value is -3.19. The van der Waals surface area contributed by atoms with E-state index < -0.39 is 12.0 Å². The molecule has 0 radical (unpaired) electrons. The third kappa shape index (κ3) is 5.70. The van der Waals surface area contributed by atoms with E-state index in [-0.39, 0.29) is 11.8 Å². The van der Waals surface area contributed by atoms with Gasteiger partial charge in [-0.05, 0) is 30.5 Å². The van der Waals surface area contributed by atoms with Crippen molar-refractivity contribution in [3.05, 3.63) is 70.6 Å². The van der Waals surface area contributed by atoms with Gasteiger partial charge in [0.1, 0.15) is 6.04 Å². The van der Waals surface area contributed by atoms with E-state index in [1.54, 1.807) is 37.3 Å². The summed E-state index contributed by atoms with van der Waals surface area (Å²) in [6, 6.07) is 14.6. The average Bonchev–Trinajstić information content (AvgIpc) is 3.23. The van der Waals surface area contributed by atoms with Crippen molar-refractivity contribution in [2.75, 3.05) is 11.9 Å². The van der Waals surface area contributed by atoms with Gasteiger partial charge in [-0.3, -0.25) is 4.79 Å². The number of nitrogens with zero attached hydrogens (tertiary/aromatic N) is 2. The largest absolute Gasteiger partial charge is 0.480 e. The Labute approximate surface area is 186 Å². The Morgan fingerprint density at radius 1 is 1.10 bits per heavy atom. The predicted octanol–water partition coefficient (Wildman–Crippen LogP) is 4.59. The molecular weight excluding hydrogens is 410 g/mol. The van der Waals surface area contributed by atoms with Crippen molar-refractivity contribution in [2.45, 2.75) is 33.4 Å². The second-order valence-electron chi connectivity index (χ2n) is 7.97. The third-order valence-electron chi connectivity index (χ3n) is 5.02. The van der Waals surface area contributed by atoms with Gasteiger partial charge in [0.15, 0.2) is 5.13 Å². The fourth-order valence-electron chi connectivity index (χ4n) is 3.14. The molecule has 0 aliphatic rings. The molecule has 0 saturated heterocycles. The van der Waals surface area contributed by atoms with Gasteiger partial charge in [0.05, 0.1) is 5.69 Å². The number of carbonyl (C=O) groups excluding carboxylic acids is 1. The monoisotopic (exact) mass is 437 g/mol. The molecule has 2 aromatic carbocycles. The molecule has 1 amide bonds. The number of aryl methyl sites for hydroxylation is 1. The van der Waals surface area contributed by atoms with Crippen LogP contribution in [0.5, 0.6) is 0 Å². The van der Waals surface area contributed by atoms with Crippen LogP contribution in [0.15, 0.2) is 53.9 Å². The number of aromatic nitrogens is 1. The van der Waals surface area contributed by atoms with Crippen LogP contribution < -0.4 is 10.2 Å².